The predicted octanol–water partition coefficient (Wildman–Crippen LogP) is 3.52. The molecule has 9 nitrogen and oxygen atoms in total. The Morgan fingerprint density at radius 3 is 2.42 bits per heavy atom. The second-order valence-corrected chi connectivity index (χ2v) is 11.0. The Hall–Kier alpha value is -4.05. The Morgan fingerprint density at radius 1 is 0.972 bits per heavy atom. The number of ether oxygens (including phenoxy) is 1. The van der Waals surface area contributed by atoms with Crippen LogP contribution in [0.4, 0.5) is 11.4 Å². The molecule has 1 aliphatic rings. The predicted molar refractivity (Wildman–Crippen MR) is 140 cm³/mol. The van der Waals surface area contributed by atoms with Crippen molar-refractivity contribution in [1.29, 1.82) is 0 Å². The van der Waals surface area contributed by atoms with E-state index in [0.717, 1.165) is 65.4 Å². The Kier molecular flexibility index (Phi) is 5.52. The van der Waals surface area contributed by atoms with Crippen LogP contribution in [0.25, 0.3) is 16.6 Å². The summed E-state index contributed by atoms with van der Waals surface area (Å²) in [7, 11) is -3.20. The molecule has 0 saturated carbocycles. The van der Waals surface area contributed by atoms with Gasteiger partial charge < -0.3 is 14.5 Å². The summed E-state index contributed by atoms with van der Waals surface area (Å²) in [5.41, 5.74) is 4.91. The van der Waals surface area contributed by atoms with E-state index in [9.17, 15) is 8.42 Å². The number of fused-ring (bicyclic) bond motifs is 3. The van der Waals surface area contributed by atoms with Gasteiger partial charge in [0.15, 0.2) is 15.5 Å². The number of hydrogen-bond acceptors (Lipinski definition) is 7. The van der Waals surface area contributed by atoms with E-state index >= 15 is 0 Å². The molecule has 1 aliphatic heterocycles. The van der Waals surface area contributed by atoms with Crippen LogP contribution in [0, 0.1) is 0 Å². The van der Waals surface area contributed by atoms with Crippen molar-refractivity contribution >= 4 is 37.8 Å². The van der Waals surface area contributed by atoms with E-state index in [0.29, 0.717) is 11.5 Å². The van der Waals surface area contributed by atoms with Gasteiger partial charge in [0.25, 0.3) is 0 Å². The maximum absolute atomic E-state index is 11.8. The number of aromatic amines is 1. The van der Waals surface area contributed by atoms with Crippen molar-refractivity contribution < 1.29 is 13.2 Å². The summed E-state index contributed by atoms with van der Waals surface area (Å²) in [4.78, 5) is 4.96. The van der Waals surface area contributed by atoms with E-state index in [2.05, 4.69) is 31.2 Å². The highest BCUT2D eigenvalue weighted by atomic mass is 32.2. The van der Waals surface area contributed by atoms with Gasteiger partial charge in [-0.3, -0.25) is 5.10 Å². The maximum Gasteiger partial charge on any atom is 0.178 e. The number of anilines is 2. The van der Waals surface area contributed by atoms with Crippen LogP contribution in [0.3, 0.4) is 0 Å². The van der Waals surface area contributed by atoms with E-state index < -0.39 is 9.84 Å². The molecule has 6 rings (SSSR count). The van der Waals surface area contributed by atoms with Crippen LogP contribution in [-0.4, -0.2) is 60.7 Å². The molecule has 0 unspecified atom stereocenters. The van der Waals surface area contributed by atoms with E-state index in [-0.39, 0.29) is 0 Å². The molecule has 2 aromatic carbocycles. The fourth-order valence-corrected chi connectivity index (χ4v) is 5.32. The van der Waals surface area contributed by atoms with E-state index in [1.165, 1.54) is 6.26 Å². The lowest BCUT2D eigenvalue weighted by Gasteiger charge is -2.37. The van der Waals surface area contributed by atoms with E-state index in [1.54, 1.807) is 12.1 Å². The quantitative estimate of drug-likeness (QED) is 0.380. The fourth-order valence-electron chi connectivity index (χ4n) is 4.69. The molecule has 10 heteroatoms. The lowest BCUT2D eigenvalue weighted by atomic mass is 10.2. The van der Waals surface area contributed by atoms with Crippen molar-refractivity contribution in [2.45, 2.75) is 11.5 Å². The number of H-pyrrole nitrogens is 1. The van der Waals surface area contributed by atoms with Crippen LogP contribution < -0.4 is 14.5 Å². The van der Waals surface area contributed by atoms with Crippen LogP contribution >= 0.6 is 0 Å². The molecule has 0 radical (unpaired) electrons. The van der Waals surface area contributed by atoms with Crippen LogP contribution in [0.15, 0.2) is 78.0 Å². The minimum Gasteiger partial charge on any atom is -0.487 e. The first-order valence-corrected chi connectivity index (χ1v) is 13.7. The van der Waals surface area contributed by atoms with Gasteiger partial charge in [-0.25, -0.2) is 12.9 Å². The van der Waals surface area contributed by atoms with Crippen LogP contribution in [-0.2, 0) is 16.4 Å². The molecular weight excluding hydrogens is 476 g/mol. The van der Waals surface area contributed by atoms with Crippen molar-refractivity contribution in [3.8, 4) is 5.75 Å². The van der Waals surface area contributed by atoms with Gasteiger partial charge in [0.05, 0.1) is 28.4 Å². The summed E-state index contributed by atoms with van der Waals surface area (Å²) in [6.07, 6.45) is 4.95. The number of sulfone groups is 1. The van der Waals surface area contributed by atoms with Gasteiger partial charge in [-0.15, -0.1) is 5.10 Å². The third-order valence-corrected chi connectivity index (χ3v) is 7.71. The van der Waals surface area contributed by atoms with Gasteiger partial charge >= 0.3 is 0 Å². The summed E-state index contributed by atoms with van der Waals surface area (Å²) in [5.74, 6) is 0.748. The van der Waals surface area contributed by atoms with Gasteiger partial charge in [0.1, 0.15) is 17.9 Å². The normalized spacial score (nSPS) is 14.6. The number of nitrogens with zero attached hydrogens (tertiary/aromatic N) is 5. The highest BCUT2D eigenvalue weighted by Gasteiger charge is 2.23. The number of pyridine rings is 1. The minimum absolute atomic E-state index is 0.337. The first kappa shape index (κ1) is 22.4. The summed E-state index contributed by atoms with van der Waals surface area (Å²) in [6, 6.07) is 19.3. The van der Waals surface area contributed by atoms with Crippen LogP contribution in [0.2, 0.25) is 0 Å². The molecule has 0 bridgehead atoms. The molecule has 0 amide bonds. The number of nitrogens with one attached hydrogen (secondary N) is 1. The molecule has 5 aromatic rings. The number of benzene rings is 2. The summed E-state index contributed by atoms with van der Waals surface area (Å²) >= 11 is 0. The largest absolute Gasteiger partial charge is 0.487 e. The zero-order chi connectivity index (χ0) is 24.7. The number of rotatable bonds is 6. The number of hydrogen-bond donors (Lipinski definition) is 1. The smallest absolute Gasteiger partial charge is 0.178 e. The molecule has 4 heterocycles. The zero-order valence-corrected chi connectivity index (χ0v) is 20.6. The lowest BCUT2D eigenvalue weighted by Crippen LogP contribution is -2.46. The van der Waals surface area contributed by atoms with Gasteiger partial charge in [0, 0.05) is 44.2 Å². The van der Waals surface area contributed by atoms with Crippen molar-refractivity contribution in [2.24, 2.45) is 0 Å². The Balaban J connectivity index is 1.26. The monoisotopic (exact) mass is 502 g/mol. The average Bonchev–Trinajstić information content (AvgIpc) is 3.49. The molecule has 0 atom stereocenters. The number of aromatic nitrogens is 4. The maximum atomic E-state index is 11.8. The molecule has 1 saturated heterocycles. The van der Waals surface area contributed by atoms with Gasteiger partial charge in [0.2, 0.25) is 0 Å². The summed E-state index contributed by atoms with van der Waals surface area (Å²) in [5, 5.41) is 12.8. The fraction of sp³-hybridized carbons (Fsp3) is 0.231. The topological polar surface area (TPSA) is 95.8 Å². The van der Waals surface area contributed by atoms with Gasteiger partial charge in [-0.2, -0.15) is 5.10 Å². The molecule has 1 fully saturated rings. The van der Waals surface area contributed by atoms with Gasteiger partial charge in [-0.05, 0) is 29.8 Å². The minimum atomic E-state index is -3.20. The zero-order valence-electron chi connectivity index (χ0n) is 19.8. The Bertz CT molecular complexity index is 1620. The third kappa shape index (κ3) is 4.24. The van der Waals surface area contributed by atoms with Crippen molar-refractivity contribution in [2.75, 3.05) is 42.2 Å². The molecule has 0 spiro atoms. The average molecular weight is 503 g/mol. The van der Waals surface area contributed by atoms with E-state index in [1.807, 2.05) is 59.4 Å². The first-order chi connectivity index (χ1) is 17.5. The van der Waals surface area contributed by atoms with Gasteiger partial charge in [-0.1, -0.05) is 30.3 Å². The first-order valence-electron chi connectivity index (χ1n) is 11.8. The second kappa shape index (κ2) is 8.87. The Morgan fingerprint density at radius 2 is 1.69 bits per heavy atom. The van der Waals surface area contributed by atoms with Crippen molar-refractivity contribution in [3.63, 3.8) is 0 Å². The highest BCUT2D eigenvalue weighted by Crippen LogP contribution is 2.33. The lowest BCUT2D eigenvalue weighted by molar-refractivity contribution is 0.304. The molecule has 36 heavy (non-hydrogen) atoms. The van der Waals surface area contributed by atoms with Crippen molar-refractivity contribution in [3.05, 3.63) is 78.6 Å². The number of piperazine rings is 1. The molecule has 0 aliphatic carbocycles. The molecular formula is C26H26N6O3S. The third-order valence-electron chi connectivity index (χ3n) is 6.58. The van der Waals surface area contributed by atoms with Crippen LogP contribution in [0.5, 0.6) is 5.75 Å². The molecule has 184 valence electrons. The van der Waals surface area contributed by atoms with Crippen LogP contribution in [0.1, 0.15) is 5.56 Å². The summed E-state index contributed by atoms with van der Waals surface area (Å²) in [6.45, 7) is 3.69. The molecule has 1 N–H and O–H groups in total. The SMILES string of the molecule is CS(=O)(=O)c1ccc(N2CCN(c3cc(OCc4ccccc4)cn4nc5[nH]ncc5c34)CC2)cc1. The second-order valence-electron chi connectivity index (χ2n) is 9.00. The van der Waals surface area contributed by atoms with E-state index in [4.69, 9.17) is 4.74 Å². The summed E-state index contributed by atoms with van der Waals surface area (Å²) < 4.78 is 31.6. The standard InChI is InChI=1S/C26H26N6O3S/c1-36(33,34)22-9-7-20(8-10-22)30-11-13-31(14-12-30)24-15-21(35-18-19-5-3-2-4-6-19)17-32-25(24)23-16-27-28-26(23)29-32/h2-10,15-17H,11-14,18H2,1H3,(H,28,29). The van der Waals surface area contributed by atoms with Crippen molar-refractivity contribution in [1.82, 2.24) is 19.8 Å². The Labute approximate surface area is 208 Å². The highest BCUT2D eigenvalue weighted by molar-refractivity contribution is 7.90. The molecule has 3 aromatic heterocycles.